The summed E-state index contributed by atoms with van der Waals surface area (Å²) in [6.07, 6.45) is -3.77. The van der Waals surface area contributed by atoms with Crippen LogP contribution in [0.25, 0.3) is 10.4 Å². The van der Waals surface area contributed by atoms with Crippen molar-refractivity contribution in [2.24, 2.45) is 5.11 Å². The molecule has 1 saturated heterocycles. The second-order valence-electron chi connectivity index (χ2n) is 4.81. The van der Waals surface area contributed by atoms with Crippen LogP contribution in [-0.2, 0) is 9.30 Å². The number of aromatic nitrogens is 2. The van der Waals surface area contributed by atoms with E-state index in [0.29, 0.717) is 11.9 Å². The van der Waals surface area contributed by atoms with Gasteiger partial charge in [0, 0.05) is 23.0 Å². The highest BCUT2D eigenvalue weighted by Crippen LogP contribution is 2.43. The quantitative estimate of drug-likeness (QED) is 0.183. The molecule has 1 aliphatic rings. The summed E-state index contributed by atoms with van der Waals surface area (Å²) in [5, 5.41) is 23.3. The number of aliphatic hydroxyl groups is 2. The van der Waals surface area contributed by atoms with Gasteiger partial charge in [-0.3, -0.25) is 18.9 Å². The molecule has 24 heavy (non-hydrogen) atoms. The number of aliphatic hydroxyl groups excluding tert-OH is 2. The van der Waals surface area contributed by atoms with Crippen molar-refractivity contribution in [2.75, 3.05) is 0 Å². The van der Waals surface area contributed by atoms with Crippen LogP contribution in [0.2, 0.25) is 0 Å². The Balaban J connectivity index is 2.51. The smallest absolute Gasteiger partial charge is 0.348 e. The molecular formula is C10H12N5O8P. The number of azide groups is 1. The van der Waals surface area contributed by atoms with Crippen LogP contribution in [-0.4, -0.2) is 47.5 Å². The van der Waals surface area contributed by atoms with Crippen molar-refractivity contribution in [3.05, 3.63) is 55.4 Å². The van der Waals surface area contributed by atoms with E-state index in [1.54, 1.807) is 0 Å². The predicted octanol–water partition coefficient (Wildman–Crippen LogP) is -1.51. The van der Waals surface area contributed by atoms with E-state index in [-0.39, 0.29) is 0 Å². The van der Waals surface area contributed by atoms with Gasteiger partial charge in [0.1, 0.15) is 12.2 Å². The van der Waals surface area contributed by atoms with Crippen molar-refractivity contribution in [3.63, 3.8) is 0 Å². The third-order valence-electron chi connectivity index (χ3n) is 3.18. The van der Waals surface area contributed by atoms with Crippen LogP contribution in [0.3, 0.4) is 0 Å². The van der Waals surface area contributed by atoms with Gasteiger partial charge in [0.25, 0.3) is 5.56 Å². The first-order valence-electron chi connectivity index (χ1n) is 6.27. The average molecular weight is 361 g/mol. The van der Waals surface area contributed by atoms with Crippen molar-refractivity contribution in [1.82, 2.24) is 9.55 Å². The molecule has 0 spiro atoms. The van der Waals surface area contributed by atoms with Crippen LogP contribution >= 0.6 is 7.60 Å². The van der Waals surface area contributed by atoms with E-state index in [4.69, 9.17) is 20.1 Å². The fraction of sp³-hybridized carbons (Fsp3) is 0.400. The van der Waals surface area contributed by atoms with E-state index < -0.39 is 43.0 Å². The van der Waals surface area contributed by atoms with Crippen LogP contribution in [0.15, 0.2) is 38.9 Å². The Kier molecular flexibility index (Phi) is 4.78. The summed E-state index contributed by atoms with van der Waals surface area (Å²) in [6, 6.07) is 0.947. The Labute approximate surface area is 132 Å². The summed E-state index contributed by atoms with van der Waals surface area (Å²) in [5.74, 6) is 0.329. The van der Waals surface area contributed by atoms with Crippen molar-refractivity contribution < 1.29 is 29.3 Å². The normalized spacial score (nSPS) is 30.4. The first-order valence-corrected chi connectivity index (χ1v) is 7.95. The van der Waals surface area contributed by atoms with E-state index in [0.717, 1.165) is 16.8 Å². The van der Waals surface area contributed by atoms with Gasteiger partial charge in [0.05, 0.1) is 0 Å². The fourth-order valence-electron chi connectivity index (χ4n) is 2.11. The van der Waals surface area contributed by atoms with Crippen LogP contribution in [0.5, 0.6) is 0 Å². The van der Waals surface area contributed by atoms with Gasteiger partial charge in [0.2, 0.25) is 0 Å². The number of rotatable bonds is 4. The maximum absolute atomic E-state index is 11.8. The lowest BCUT2D eigenvalue weighted by Crippen LogP contribution is -2.40. The van der Waals surface area contributed by atoms with Gasteiger partial charge in [0.15, 0.2) is 12.0 Å². The van der Waals surface area contributed by atoms with Crippen molar-refractivity contribution in [2.45, 2.75) is 24.2 Å². The Morgan fingerprint density at radius 2 is 2.12 bits per heavy atom. The standard InChI is InChI=1S/C10H12N5O8P/c11-14-13-10(2-4-24(20,21)22)7(18)6(17)8(23-10)15-3-1-5(16)12-9(15)19/h1-4,6-8,17-18H,(H,12,16,19)(H2,20,21,22)/t6-,7+,8-,10-/m1/s1. The minimum Gasteiger partial charge on any atom is -0.387 e. The molecule has 4 atom stereocenters. The molecule has 0 aromatic carbocycles. The van der Waals surface area contributed by atoms with Crippen molar-refractivity contribution in [3.8, 4) is 0 Å². The third kappa shape index (κ3) is 3.47. The number of aromatic amines is 1. The molecule has 2 heterocycles. The van der Waals surface area contributed by atoms with E-state index in [1.807, 2.05) is 4.98 Å². The first-order chi connectivity index (χ1) is 11.1. The van der Waals surface area contributed by atoms with Gasteiger partial charge < -0.3 is 24.7 Å². The van der Waals surface area contributed by atoms with E-state index in [1.165, 1.54) is 0 Å². The summed E-state index contributed by atoms with van der Waals surface area (Å²) in [5.41, 5.74) is 4.56. The maximum Gasteiger partial charge on any atom is 0.348 e. The van der Waals surface area contributed by atoms with E-state index >= 15 is 0 Å². The Morgan fingerprint density at radius 1 is 1.46 bits per heavy atom. The molecule has 0 amide bonds. The SMILES string of the molecule is [N-]=[N+]=N[C@]1(C=CP(=O)(O)O)O[C@@H](n2ccc(=O)[nH]c2=O)[C@H](O)[C@@H]1O. The molecule has 13 nitrogen and oxygen atoms in total. The predicted molar refractivity (Wildman–Crippen MR) is 76.5 cm³/mol. The number of nitrogens with zero attached hydrogens (tertiary/aromatic N) is 4. The number of ether oxygens (including phenoxy) is 1. The minimum absolute atomic E-state index is 0.329. The maximum atomic E-state index is 11.8. The van der Waals surface area contributed by atoms with Crippen LogP contribution in [0.4, 0.5) is 0 Å². The second-order valence-corrected chi connectivity index (χ2v) is 6.28. The van der Waals surface area contributed by atoms with Gasteiger partial charge in [-0.25, -0.2) is 4.79 Å². The number of hydrogen-bond acceptors (Lipinski definition) is 7. The highest BCUT2D eigenvalue weighted by Gasteiger charge is 2.54. The zero-order valence-electron chi connectivity index (χ0n) is 11.7. The lowest BCUT2D eigenvalue weighted by molar-refractivity contribution is -0.0730. The van der Waals surface area contributed by atoms with Gasteiger partial charge in [-0.05, 0) is 11.6 Å². The molecule has 0 bridgehead atoms. The van der Waals surface area contributed by atoms with Gasteiger partial charge >= 0.3 is 13.3 Å². The summed E-state index contributed by atoms with van der Waals surface area (Å²) in [7, 11) is -4.69. The fourth-order valence-corrected chi connectivity index (χ4v) is 2.52. The van der Waals surface area contributed by atoms with Gasteiger partial charge in [-0.15, -0.1) is 0 Å². The molecule has 130 valence electrons. The summed E-state index contributed by atoms with van der Waals surface area (Å²) >= 11 is 0. The largest absolute Gasteiger partial charge is 0.387 e. The van der Waals surface area contributed by atoms with Crippen molar-refractivity contribution >= 4 is 7.60 Å². The lowest BCUT2D eigenvalue weighted by atomic mass is 10.1. The van der Waals surface area contributed by atoms with Crippen molar-refractivity contribution in [1.29, 1.82) is 0 Å². The summed E-state index contributed by atoms with van der Waals surface area (Å²) in [4.78, 5) is 44.9. The molecule has 1 aromatic rings. The molecule has 0 aliphatic carbocycles. The van der Waals surface area contributed by atoms with Crippen LogP contribution in [0, 0.1) is 0 Å². The Bertz CT molecular complexity index is 866. The zero-order valence-corrected chi connectivity index (χ0v) is 12.6. The molecule has 14 heteroatoms. The zero-order chi connectivity index (χ0) is 18.1. The minimum atomic E-state index is -4.69. The topological polar surface area (TPSA) is 211 Å². The molecule has 0 saturated carbocycles. The molecule has 0 unspecified atom stereocenters. The second kappa shape index (κ2) is 6.34. The van der Waals surface area contributed by atoms with E-state index in [2.05, 4.69) is 10.0 Å². The molecular weight excluding hydrogens is 349 g/mol. The molecule has 5 N–H and O–H groups in total. The summed E-state index contributed by atoms with van der Waals surface area (Å²) in [6.45, 7) is 0. The lowest BCUT2D eigenvalue weighted by Gasteiger charge is -2.22. The van der Waals surface area contributed by atoms with Crippen LogP contribution < -0.4 is 11.2 Å². The molecule has 0 radical (unpaired) electrons. The Hall–Kier alpha value is -2.24. The molecule has 1 aromatic heterocycles. The molecule has 1 fully saturated rings. The van der Waals surface area contributed by atoms with Gasteiger partial charge in [-0.1, -0.05) is 5.11 Å². The monoisotopic (exact) mass is 361 g/mol. The highest BCUT2D eigenvalue weighted by atomic mass is 31.2. The number of hydrogen-bond donors (Lipinski definition) is 5. The van der Waals surface area contributed by atoms with Crippen LogP contribution in [0.1, 0.15) is 6.23 Å². The summed E-state index contributed by atoms with van der Waals surface area (Å²) < 4.78 is 16.9. The molecule has 2 rings (SSSR count). The molecule has 1 aliphatic heterocycles. The van der Waals surface area contributed by atoms with E-state index in [9.17, 15) is 24.4 Å². The number of nitrogens with one attached hydrogen (secondary N) is 1. The number of H-pyrrole nitrogens is 1. The third-order valence-corrected chi connectivity index (χ3v) is 3.72. The first kappa shape index (κ1) is 18.1. The average Bonchev–Trinajstić information content (AvgIpc) is 2.71. The Morgan fingerprint density at radius 3 is 2.67 bits per heavy atom. The highest BCUT2D eigenvalue weighted by molar-refractivity contribution is 7.55. The van der Waals surface area contributed by atoms with Gasteiger partial charge in [-0.2, -0.15) is 0 Å².